The number of aldehydes is 1. The van der Waals surface area contributed by atoms with Gasteiger partial charge in [-0.1, -0.05) is 93.1 Å². The number of benzene rings is 3. The highest BCUT2D eigenvalue weighted by molar-refractivity contribution is 6.74. The lowest BCUT2D eigenvalue weighted by atomic mass is 10.0. The van der Waals surface area contributed by atoms with Crippen LogP contribution < -0.4 is 9.47 Å². The molecule has 0 aliphatic heterocycles. The van der Waals surface area contributed by atoms with E-state index in [1.54, 1.807) is 0 Å². The fourth-order valence-electron chi connectivity index (χ4n) is 3.66. The maximum Gasteiger partial charge on any atom is 0.192 e. The summed E-state index contributed by atoms with van der Waals surface area (Å²) in [4.78, 5) is 12.3. The maximum atomic E-state index is 12.3. The number of carbonyl (C=O) groups excluding carboxylic acids is 1. The van der Waals surface area contributed by atoms with Gasteiger partial charge in [-0.05, 0) is 49.2 Å². The summed E-state index contributed by atoms with van der Waals surface area (Å²) in [5, 5.41) is 0.0358. The third-order valence-electron chi connectivity index (χ3n) is 6.79. The van der Waals surface area contributed by atoms with E-state index in [1.165, 1.54) is 0 Å². The van der Waals surface area contributed by atoms with E-state index in [4.69, 9.17) is 13.9 Å². The van der Waals surface area contributed by atoms with E-state index >= 15 is 0 Å². The van der Waals surface area contributed by atoms with Crippen LogP contribution >= 0.6 is 0 Å². The van der Waals surface area contributed by atoms with Crippen molar-refractivity contribution >= 4 is 20.7 Å². The molecule has 0 N–H and O–H groups in total. The zero-order valence-corrected chi connectivity index (χ0v) is 24.3. The molecule has 0 saturated heterocycles. The molecule has 0 radical (unpaired) electrons. The van der Waals surface area contributed by atoms with Gasteiger partial charge >= 0.3 is 0 Å². The van der Waals surface area contributed by atoms with Crippen molar-refractivity contribution in [3.05, 3.63) is 100 Å². The second kappa shape index (κ2) is 12.4. The lowest BCUT2D eigenvalue weighted by Crippen LogP contribution is -2.40. The Balaban J connectivity index is 2.13. The Bertz CT molecular complexity index is 1210. The topological polar surface area (TPSA) is 44.8 Å². The van der Waals surface area contributed by atoms with Crippen molar-refractivity contribution in [1.82, 2.24) is 0 Å². The summed E-state index contributed by atoms with van der Waals surface area (Å²) in [7, 11) is -2.10. The van der Waals surface area contributed by atoms with E-state index in [-0.39, 0.29) is 5.04 Å². The fourth-order valence-corrected chi connectivity index (χ4v) is 4.59. The largest absolute Gasteiger partial charge is 0.488 e. The van der Waals surface area contributed by atoms with E-state index in [0.717, 1.165) is 34.1 Å². The van der Waals surface area contributed by atoms with E-state index in [0.29, 0.717) is 36.9 Å². The third kappa shape index (κ3) is 7.67. The molecule has 0 spiro atoms. The predicted octanol–water partition coefficient (Wildman–Crippen LogP) is 8.60. The molecule has 0 atom stereocenters. The molecule has 0 aliphatic rings. The number of allylic oxidation sites excluding steroid dienone is 1. The van der Waals surface area contributed by atoms with Crippen LogP contribution in [0.5, 0.6) is 11.5 Å². The molecular formula is C32H40O4Si. The normalized spacial score (nSPS) is 11.6. The Morgan fingerprint density at radius 3 is 1.70 bits per heavy atom. The minimum Gasteiger partial charge on any atom is -0.488 e. The van der Waals surface area contributed by atoms with Crippen LogP contribution in [-0.4, -0.2) is 14.6 Å². The van der Waals surface area contributed by atoms with Gasteiger partial charge in [-0.3, -0.25) is 4.79 Å². The monoisotopic (exact) mass is 516 g/mol. The van der Waals surface area contributed by atoms with E-state index < -0.39 is 8.32 Å². The van der Waals surface area contributed by atoms with E-state index in [1.807, 2.05) is 86.7 Å². The molecule has 0 bridgehead atoms. The summed E-state index contributed by atoms with van der Waals surface area (Å²) in [5.41, 5.74) is 5.30. The Morgan fingerprint density at radius 2 is 1.27 bits per heavy atom. The van der Waals surface area contributed by atoms with Gasteiger partial charge in [-0.2, -0.15) is 0 Å². The average molecular weight is 517 g/mol. The number of ether oxygens (including phenoxy) is 2. The first kappa shape index (κ1) is 28.4. The van der Waals surface area contributed by atoms with Crippen molar-refractivity contribution in [3.8, 4) is 11.5 Å². The summed E-state index contributed by atoms with van der Waals surface area (Å²) in [6, 6.07) is 21.9. The van der Waals surface area contributed by atoms with Crippen LogP contribution in [-0.2, 0) is 24.2 Å². The van der Waals surface area contributed by atoms with Crippen LogP contribution in [0.4, 0.5) is 0 Å². The Kier molecular flexibility index (Phi) is 9.52. The summed E-state index contributed by atoms with van der Waals surface area (Å²) in [6.45, 7) is 16.2. The van der Waals surface area contributed by atoms with Gasteiger partial charge in [0.25, 0.3) is 0 Å². The van der Waals surface area contributed by atoms with Gasteiger partial charge in [0.2, 0.25) is 0 Å². The molecule has 37 heavy (non-hydrogen) atoms. The molecule has 3 rings (SSSR count). The van der Waals surface area contributed by atoms with Crippen LogP contribution in [0.25, 0.3) is 6.08 Å². The zero-order valence-electron chi connectivity index (χ0n) is 23.3. The third-order valence-corrected chi connectivity index (χ3v) is 11.3. The molecule has 5 heteroatoms. The minimum absolute atomic E-state index is 0.0358. The molecule has 0 fully saturated rings. The van der Waals surface area contributed by atoms with Gasteiger partial charge in [-0.15, -0.1) is 0 Å². The molecule has 0 aliphatic carbocycles. The summed E-state index contributed by atoms with van der Waals surface area (Å²) in [6.07, 6.45) is 2.91. The first-order valence-corrected chi connectivity index (χ1v) is 15.7. The van der Waals surface area contributed by atoms with Gasteiger partial charge < -0.3 is 13.9 Å². The van der Waals surface area contributed by atoms with Crippen LogP contribution in [0, 0.1) is 0 Å². The first-order valence-electron chi connectivity index (χ1n) is 12.8. The van der Waals surface area contributed by atoms with Crippen LogP contribution in [0.3, 0.4) is 0 Å². The summed E-state index contributed by atoms with van der Waals surface area (Å²) < 4.78 is 19.5. The van der Waals surface area contributed by atoms with Gasteiger partial charge in [-0.25, -0.2) is 0 Å². The predicted molar refractivity (Wildman–Crippen MR) is 155 cm³/mol. The molecule has 3 aromatic carbocycles. The summed E-state index contributed by atoms with van der Waals surface area (Å²) in [5.74, 6) is 1.21. The van der Waals surface area contributed by atoms with Crippen molar-refractivity contribution in [2.45, 2.75) is 72.6 Å². The molecule has 0 aromatic heterocycles. The van der Waals surface area contributed by atoms with E-state index in [2.05, 4.69) is 33.9 Å². The minimum atomic E-state index is -2.10. The van der Waals surface area contributed by atoms with Crippen molar-refractivity contribution in [2.24, 2.45) is 0 Å². The molecular weight excluding hydrogens is 476 g/mol. The second-order valence-electron chi connectivity index (χ2n) is 11.1. The van der Waals surface area contributed by atoms with Crippen LogP contribution in [0.2, 0.25) is 18.1 Å². The summed E-state index contributed by atoms with van der Waals surface area (Å²) >= 11 is 0. The van der Waals surface area contributed by atoms with Crippen molar-refractivity contribution in [3.63, 3.8) is 0 Å². The fraction of sp³-hybridized carbons (Fsp3) is 0.344. The lowest BCUT2D eigenvalue weighted by Gasteiger charge is -2.36. The molecule has 0 amide bonds. The SMILES string of the molecule is CC(C)=Cc1cc(C=O)c(OCc2ccccc2)c(CO[Si](C)(C)C(C)(C)C)c1OCc1ccccc1. The molecule has 196 valence electrons. The first-order chi connectivity index (χ1) is 17.5. The number of rotatable bonds is 11. The molecule has 0 saturated carbocycles. The number of hydrogen-bond donors (Lipinski definition) is 0. The van der Waals surface area contributed by atoms with Crippen molar-refractivity contribution in [2.75, 3.05) is 0 Å². The Hall–Kier alpha value is -3.15. The van der Waals surface area contributed by atoms with Crippen LogP contribution in [0.15, 0.2) is 72.3 Å². The average Bonchev–Trinajstić information content (AvgIpc) is 2.85. The molecule has 4 nitrogen and oxygen atoms in total. The molecule has 3 aromatic rings. The zero-order chi connectivity index (χ0) is 27.1. The van der Waals surface area contributed by atoms with Crippen LogP contribution in [0.1, 0.15) is 67.2 Å². The van der Waals surface area contributed by atoms with E-state index in [9.17, 15) is 4.79 Å². The Labute approximate surface area is 223 Å². The van der Waals surface area contributed by atoms with Gasteiger partial charge in [0.05, 0.1) is 17.7 Å². The highest BCUT2D eigenvalue weighted by Crippen LogP contribution is 2.42. The highest BCUT2D eigenvalue weighted by Gasteiger charge is 2.37. The molecule has 0 heterocycles. The van der Waals surface area contributed by atoms with Gasteiger partial charge in [0.1, 0.15) is 24.7 Å². The van der Waals surface area contributed by atoms with Crippen molar-refractivity contribution in [1.29, 1.82) is 0 Å². The van der Waals surface area contributed by atoms with Gasteiger partial charge in [0.15, 0.2) is 14.6 Å². The maximum absolute atomic E-state index is 12.3. The van der Waals surface area contributed by atoms with Gasteiger partial charge in [0, 0.05) is 5.56 Å². The second-order valence-corrected chi connectivity index (χ2v) is 15.9. The molecule has 0 unspecified atom stereocenters. The lowest BCUT2D eigenvalue weighted by molar-refractivity contribution is 0.111. The van der Waals surface area contributed by atoms with Crippen molar-refractivity contribution < 1.29 is 18.7 Å². The smallest absolute Gasteiger partial charge is 0.192 e. The number of carbonyl (C=O) groups is 1. The number of hydrogen-bond acceptors (Lipinski definition) is 4. The Morgan fingerprint density at radius 1 is 0.784 bits per heavy atom. The highest BCUT2D eigenvalue weighted by atomic mass is 28.4. The quantitative estimate of drug-likeness (QED) is 0.189. The standard InChI is InChI=1S/C32H40O4Si/c1-24(2)18-27-19-28(20-33)31(35-22-26-16-12-9-13-17-26)29(23-36-37(6,7)32(3,4)5)30(27)34-21-25-14-10-8-11-15-25/h8-20H,21-23H2,1-7H3.